The number of morpholine rings is 1. The van der Waals surface area contributed by atoms with Crippen molar-refractivity contribution in [1.29, 1.82) is 0 Å². The number of hydrogen-bond donors (Lipinski definition) is 3. The van der Waals surface area contributed by atoms with E-state index in [1.807, 2.05) is 0 Å². The first-order valence-electron chi connectivity index (χ1n) is 9.57. The fraction of sp³-hybridized carbons (Fsp3) is 0.889. The largest absolute Gasteiger partial charge is 0.444 e. The number of ether oxygens (including phenoxy) is 2. The molecule has 0 radical (unpaired) electrons. The van der Waals surface area contributed by atoms with Crippen molar-refractivity contribution in [2.24, 2.45) is 0 Å². The number of nitrogens with zero attached hydrogens (tertiary/aromatic N) is 2. The minimum atomic E-state index is -0.970. The Kier molecular flexibility index (Phi) is 7.84. The monoisotopic (exact) mass is 387 g/mol. The van der Waals surface area contributed by atoms with Crippen molar-refractivity contribution in [3.05, 3.63) is 0 Å². The summed E-state index contributed by atoms with van der Waals surface area (Å²) in [5.74, 6) is -0.113. The molecule has 9 nitrogen and oxygen atoms in total. The lowest BCUT2D eigenvalue weighted by Crippen LogP contribution is -2.48. The fourth-order valence-electron chi connectivity index (χ4n) is 3.26. The van der Waals surface area contributed by atoms with Gasteiger partial charge in [0.2, 0.25) is 5.91 Å². The van der Waals surface area contributed by atoms with Gasteiger partial charge in [0, 0.05) is 39.1 Å². The van der Waals surface area contributed by atoms with E-state index >= 15 is 0 Å². The maximum absolute atomic E-state index is 12.5. The van der Waals surface area contributed by atoms with Crippen LogP contribution in [0.2, 0.25) is 0 Å². The van der Waals surface area contributed by atoms with E-state index < -0.39 is 29.9 Å². The number of amides is 2. The van der Waals surface area contributed by atoms with E-state index in [1.165, 1.54) is 4.90 Å². The first-order chi connectivity index (χ1) is 12.6. The summed E-state index contributed by atoms with van der Waals surface area (Å²) in [5.41, 5.74) is -0.653. The molecule has 0 saturated carbocycles. The molecule has 27 heavy (non-hydrogen) atoms. The van der Waals surface area contributed by atoms with E-state index in [0.29, 0.717) is 26.2 Å². The van der Waals surface area contributed by atoms with Gasteiger partial charge in [-0.15, -0.1) is 0 Å². The minimum absolute atomic E-state index is 0.0689. The normalized spacial score (nSPS) is 27.7. The summed E-state index contributed by atoms with van der Waals surface area (Å²) >= 11 is 0. The second kappa shape index (κ2) is 9.68. The summed E-state index contributed by atoms with van der Waals surface area (Å²) in [6.07, 6.45) is -1.96. The second-order valence-electron chi connectivity index (χ2n) is 8.21. The van der Waals surface area contributed by atoms with Gasteiger partial charge in [-0.05, 0) is 27.2 Å². The smallest absolute Gasteiger partial charge is 0.407 e. The van der Waals surface area contributed by atoms with Crippen LogP contribution in [0.1, 0.15) is 33.6 Å². The molecular formula is C18H33N3O6. The molecule has 2 amide bonds. The third-order valence-corrected chi connectivity index (χ3v) is 4.63. The van der Waals surface area contributed by atoms with Gasteiger partial charge in [0.1, 0.15) is 5.60 Å². The molecule has 2 fully saturated rings. The molecule has 0 bridgehead atoms. The van der Waals surface area contributed by atoms with Crippen molar-refractivity contribution in [1.82, 2.24) is 15.1 Å². The molecule has 2 heterocycles. The number of aliphatic hydroxyl groups excluding tert-OH is 2. The molecule has 0 aromatic heterocycles. The van der Waals surface area contributed by atoms with Gasteiger partial charge in [0.25, 0.3) is 0 Å². The summed E-state index contributed by atoms with van der Waals surface area (Å²) in [5, 5.41) is 23.3. The molecule has 2 aliphatic heterocycles. The number of carbonyl (C=O) groups excluding carboxylic acids is 2. The van der Waals surface area contributed by atoms with Gasteiger partial charge < -0.3 is 29.9 Å². The lowest BCUT2D eigenvalue weighted by molar-refractivity contribution is -0.134. The van der Waals surface area contributed by atoms with Crippen molar-refractivity contribution in [2.75, 3.05) is 45.9 Å². The van der Waals surface area contributed by atoms with Crippen molar-refractivity contribution in [3.63, 3.8) is 0 Å². The van der Waals surface area contributed by atoms with Gasteiger partial charge in [-0.3, -0.25) is 9.69 Å². The number of rotatable bonds is 4. The molecule has 9 heteroatoms. The van der Waals surface area contributed by atoms with Crippen LogP contribution in [0.4, 0.5) is 4.79 Å². The summed E-state index contributed by atoms with van der Waals surface area (Å²) in [7, 11) is 0. The predicted octanol–water partition coefficient (Wildman–Crippen LogP) is -0.444. The molecule has 0 aliphatic carbocycles. The fourth-order valence-corrected chi connectivity index (χ4v) is 3.26. The van der Waals surface area contributed by atoms with E-state index in [-0.39, 0.29) is 25.4 Å². The van der Waals surface area contributed by atoms with Crippen LogP contribution < -0.4 is 5.32 Å². The zero-order chi connectivity index (χ0) is 20.0. The SMILES string of the molecule is CC(C)(C)OC(=O)N[C@@H]1C[C@@H](O)CN(C(=O)CCN2CCOCC2)C[C@H]1O. The summed E-state index contributed by atoms with van der Waals surface area (Å²) in [4.78, 5) is 28.1. The van der Waals surface area contributed by atoms with Crippen LogP contribution in [0.25, 0.3) is 0 Å². The predicted molar refractivity (Wildman–Crippen MR) is 98.2 cm³/mol. The Hall–Kier alpha value is -1.42. The van der Waals surface area contributed by atoms with Crippen LogP contribution in [-0.2, 0) is 14.3 Å². The molecule has 2 saturated heterocycles. The van der Waals surface area contributed by atoms with Crippen LogP contribution in [0.3, 0.4) is 0 Å². The Morgan fingerprint density at radius 2 is 1.85 bits per heavy atom. The molecule has 2 aliphatic rings. The van der Waals surface area contributed by atoms with Crippen molar-refractivity contribution in [3.8, 4) is 0 Å². The van der Waals surface area contributed by atoms with Crippen LogP contribution >= 0.6 is 0 Å². The highest BCUT2D eigenvalue weighted by Gasteiger charge is 2.33. The van der Waals surface area contributed by atoms with Gasteiger partial charge in [-0.25, -0.2) is 4.79 Å². The zero-order valence-corrected chi connectivity index (χ0v) is 16.5. The summed E-state index contributed by atoms with van der Waals surface area (Å²) < 4.78 is 10.5. The Morgan fingerprint density at radius 3 is 2.48 bits per heavy atom. The van der Waals surface area contributed by atoms with Gasteiger partial charge in [0.15, 0.2) is 0 Å². The zero-order valence-electron chi connectivity index (χ0n) is 16.5. The number of carbonyl (C=O) groups is 2. The summed E-state index contributed by atoms with van der Waals surface area (Å²) in [6, 6.07) is -0.674. The number of aliphatic hydroxyl groups is 2. The van der Waals surface area contributed by atoms with E-state index in [2.05, 4.69) is 10.2 Å². The first-order valence-corrected chi connectivity index (χ1v) is 9.57. The molecular weight excluding hydrogens is 354 g/mol. The molecule has 3 atom stereocenters. The maximum atomic E-state index is 12.5. The van der Waals surface area contributed by atoms with Crippen LogP contribution in [0.15, 0.2) is 0 Å². The summed E-state index contributed by atoms with van der Waals surface area (Å²) in [6.45, 7) is 9.05. The van der Waals surface area contributed by atoms with E-state index in [0.717, 1.165) is 13.1 Å². The van der Waals surface area contributed by atoms with Gasteiger partial charge >= 0.3 is 6.09 Å². The maximum Gasteiger partial charge on any atom is 0.407 e. The van der Waals surface area contributed by atoms with E-state index in [9.17, 15) is 19.8 Å². The standard InChI is InChI=1S/C18H33N3O6/c1-18(2,3)27-17(25)19-14-10-13(22)11-21(12-15(14)23)16(24)4-5-20-6-8-26-9-7-20/h13-15,22-23H,4-12H2,1-3H3,(H,19,25)/t13-,14-,15-/m1/s1. The molecule has 0 unspecified atom stereocenters. The number of β-amino-alcohol motifs (C(OH)–C–C–N with tert-alkyl or cyclic N) is 2. The third kappa shape index (κ3) is 7.61. The Bertz CT molecular complexity index is 504. The van der Waals surface area contributed by atoms with Gasteiger partial charge in [-0.2, -0.15) is 0 Å². The van der Waals surface area contributed by atoms with Crippen molar-refractivity contribution >= 4 is 12.0 Å². The molecule has 2 rings (SSSR count). The topological polar surface area (TPSA) is 112 Å². The highest BCUT2D eigenvalue weighted by atomic mass is 16.6. The average molecular weight is 387 g/mol. The third-order valence-electron chi connectivity index (χ3n) is 4.63. The Morgan fingerprint density at radius 1 is 1.19 bits per heavy atom. The lowest BCUT2D eigenvalue weighted by Gasteiger charge is -2.29. The number of alkyl carbamates (subject to hydrolysis) is 1. The average Bonchev–Trinajstić information content (AvgIpc) is 2.70. The number of likely N-dealkylation sites (tertiary alicyclic amines) is 1. The lowest BCUT2D eigenvalue weighted by atomic mass is 10.1. The van der Waals surface area contributed by atoms with Gasteiger partial charge in [0.05, 0.1) is 31.5 Å². The van der Waals surface area contributed by atoms with Crippen molar-refractivity contribution in [2.45, 2.75) is 57.5 Å². The van der Waals surface area contributed by atoms with E-state index in [4.69, 9.17) is 9.47 Å². The minimum Gasteiger partial charge on any atom is -0.444 e. The molecule has 0 aromatic carbocycles. The van der Waals surface area contributed by atoms with Gasteiger partial charge in [-0.1, -0.05) is 0 Å². The van der Waals surface area contributed by atoms with E-state index in [1.54, 1.807) is 20.8 Å². The Balaban J connectivity index is 1.86. The van der Waals surface area contributed by atoms with Crippen LogP contribution in [0, 0.1) is 0 Å². The van der Waals surface area contributed by atoms with Crippen molar-refractivity contribution < 1.29 is 29.3 Å². The molecule has 0 aromatic rings. The highest BCUT2D eigenvalue weighted by Crippen LogP contribution is 2.15. The Labute approximate surface area is 160 Å². The van der Waals surface area contributed by atoms with Crippen LogP contribution in [0.5, 0.6) is 0 Å². The highest BCUT2D eigenvalue weighted by molar-refractivity contribution is 5.76. The first kappa shape index (κ1) is 21.9. The number of hydrogen-bond acceptors (Lipinski definition) is 7. The molecule has 156 valence electrons. The molecule has 0 spiro atoms. The molecule has 3 N–H and O–H groups in total. The number of nitrogens with one attached hydrogen (secondary N) is 1. The second-order valence-corrected chi connectivity index (χ2v) is 8.21. The quantitative estimate of drug-likeness (QED) is 0.599. The van der Waals surface area contributed by atoms with Crippen LogP contribution in [-0.4, -0.2) is 102 Å².